The molecule has 0 radical (unpaired) electrons. The third-order valence-corrected chi connectivity index (χ3v) is 13.7. The first-order valence-electron chi connectivity index (χ1n) is 33.5. The molecule has 0 aromatic rings. The molecular formula is C76H122O6. The van der Waals surface area contributed by atoms with Crippen LogP contribution in [0.25, 0.3) is 0 Å². The van der Waals surface area contributed by atoms with Gasteiger partial charge in [-0.25, -0.2) is 0 Å². The lowest BCUT2D eigenvalue weighted by Crippen LogP contribution is -2.30. The van der Waals surface area contributed by atoms with Crippen molar-refractivity contribution in [3.05, 3.63) is 158 Å². The zero-order valence-electron chi connectivity index (χ0n) is 52.9. The predicted octanol–water partition coefficient (Wildman–Crippen LogP) is 23.3. The lowest BCUT2D eigenvalue weighted by molar-refractivity contribution is -0.167. The number of ether oxygens (including phenoxy) is 3. The molecule has 1 atom stereocenters. The molecule has 0 bridgehead atoms. The van der Waals surface area contributed by atoms with E-state index in [2.05, 4.69) is 179 Å². The second-order valence-electron chi connectivity index (χ2n) is 21.6. The van der Waals surface area contributed by atoms with Crippen molar-refractivity contribution in [1.29, 1.82) is 0 Å². The van der Waals surface area contributed by atoms with E-state index < -0.39 is 6.10 Å². The Kier molecular flexibility index (Phi) is 64.4. The van der Waals surface area contributed by atoms with Crippen LogP contribution in [0.15, 0.2) is 158 Å². The van der Waals surface area contributed by atoms with E-state index >= 15 is 0 Å². The number of hydrogen-bond donors (Lipinski definition) is 0. The Labute approximate surface area is 505 Å². The van der Waals surface area contributed by atoms with E-state index in [9.17, 15) is 14.4 Å². The molecule has 6 heteroatoms. The topological polar surface area (TPSA) is 78.9 Å². The first-order valence-corrected chi connectivity index (χ1v) is 33.5. The molecular weight excluding hydrogens is 1010 g/mol. The van der Waals surface area contributed by atoms with Gasteiger partial charge in [0, 0.05) is 19.3 Å². The number of carbonyl (C=O) groups is 3. The number of unbranched alkanes of at least 4 members (excludes halogenated alkanes) is 22. The highest BCUT2D eigenvalue weighted by atomic mass is 16.6. The number of esters is 3. The van der Waals surface area contributed by atoms with Gasteiger partial charge >= 0.3 is 17.9 Å². The standard InChI is InChI=1S/C76H122O6/c1-4-7-10-13-16-19-22-25-28-30-31-32-33-34-35-36-37-38-39-40-41-42-43-44-45-46-49-51-54-57-60-63-66-69-75(78)81-72-73(71-80-74(77)68-65-62-59-56-53-50-47-27-24-21-18-15-12-9-6-3)82-76(79)70-67-64-61-58-55-52-48-29-26-23-20-17-14-11-8-5-2/h7,9-10,12,16,18-21,23,25,27-29,31-32,34-35,37-38,40-41,47-48,53,56,73H,4-6,8,11,13-15,17,22,24,26,30,33,36,39,42-46,49-52,54-55,57-72H2,1-3H3/b10-7-,12-9-,19-16-,21-18-,23-20-,28-25-,32-31-,35-34-,38-37-,41-40-,47-27-,48-29-,56-53-. The normalized spacial score (nSPS) is 13.2. The van der Waals surface area contributed by atoms with Crippen molar-refractivity contribution in [3.63, 3.8) is 0 Å². The van der Waals surface area contributed by atoms with Crippen LogP contribution in [0, 0.1) is 0 Å². The molecule has 0 aliphatic rings. The Hall–Kier alpha value is -4.97. The minimum absolute atomic E-state index is 0.103. The predicted molar refractivity (Wildman–Crippen MR) is 357 cm³/mol. The second kappa shape index (κ2) is 68.5. The van der Waals surface area contributed by atoms with Gasteiger partial charge in [-0.15, -0.1) is 0 Å². The lowest BCUT2D eigenvalue weighted by Gasteiger charge is -2.18. The largest absolute Gasteiger partial charge is 0.462 e. The summed E-state index contributed by atoms with van der Waals surface area (Å²) in [6, 6.07) is 0. The second-order valence-corrected chi connectivity index (χ2v) is 21.6. The first kappa shape index (κ1) is 77.0. The summed E-state index contributed by atoms with van der Waals surface area (Å²) in [6.45, 7) is 6.35. The third-order valence-electron chi connectivity index (χ3n) is 13.7. The van der Waals surface area contributed by atoms with Gasteiger partial charge < -0.3 is 14.2 Å². The fourth-order valence-electron chi connectivity index (χ4n) is 8.80. The van der Waals surface area contributed by atoms with E-state index in [0.29, 0.717) is 19.3 Å². The Bertz CT molecular complexity index is 1830. The molecule has 0 spiro atoms. The summed E-state index contributed by atoms with van der Waals surface area (Å²) in [7, 11) is 0. The van der Waals surface area contributed by atoms with E-state index in [0.717, 1.165) is 154 Å². The highest BCUT2D eigenvalue weighted by molar-refractivity contribution is 5.71. The van der Waals surface area contributed by atoms with Gasteiger partial charge in [0.05, 0.1) is 0 Å². The highest BCUT2D eigenvalue weighted by Crippen LogP contribution is 2.15. The fourth-order valence-corrected chi connectivity index (χ4v) is 8.80. The van der Waals surface area contributed by atoms with Crippen molar-refractivity contribution in [1.82, 2.24) is 0 Å². The van der Waals surface area contributed by atoms with Crippen LogP contribution in [-0.2, 0) is 28.6 Å². The molecule has 0 fully saturated rings. The highest BCUT2D eigenvalue weighted by Gasteiger charge is 2.19. The van der Waals surface area contributed by atoms with Gasteiger partial charge in [0.15, 0.2) is 6.10 Å². The van der Waals surface area contributed by atoms with Crippen LogP contribution < -0.4 is 0 Å². The van der Waals surface area contributed by atoms with Gasteiger partial charge in [-0.1, -0.05) is 275 Å². The molecule has 0 saturated carbocycles. The van der Waals surface area contributed by atoms with Crippen molar-refractivity contribution in [2.24, 2.45) is 0 Å². The first-order chi connectivity index (χ1) is 40.5. The van der Waals surface area contributed by atoms with E-state index in [1.54, 1.807) is 0 Å². The van der Waals surface area contributed by atoms with Crippen LogP contribution in [0.4, 0.5) is 0 Å². The van der Waals surface area contributed by atoms with Crippen molar-refractivity contribution in [2.75, 3.05) is 13.2 Å². The zero-order valence-corrected chi connectivity index (χ0v) is 52.9. The molecule has 462 valence electrons. The average Bonchev–Trinajstić information content (AvgIpc) is 3.47. The van der Waals surface area contributed by atoms with Gasteiger partial charge in [-0.05, 0) is 148 Å². The van der Waals surface area contributed by atoms with E-state index in [4.69, 9.17) is 14.2 Å². The molecule has 0 aromatic heterocycles. The Morgan fingerprint density at radius 3 is 0.768 bits per heavy atom. The van der Waals surface area contributed by atoms with Gasteiger partial charge in [0.1, 0.15) is 13.2 Å². The lowest BCUT2D eigenvalue weighted by atomic mass is 10.0. The van der Waals surface area contributed by atoms with Crippen molar-refractivity contribution in [2.45, 2.75) is 290 Å². The average molecular weight is 1130 g/mol. The smallest absolute Gasteiger partial charge is 0.306 e. The summed E-state index contributed by atoms with van der Waals surface area (Å²) < 4.78 is 16.9. The summed E-state index contributed by atoms with van der Waals surface area (Å²) >= 11 is 0. The Morgan fingerprint density at radius 2 is 0.476 bits per heavy atom. The Morgan fingerprint density at radius 1 is 0.256 bits per heavy atom. The number of hydrogen-bond acceptors (Lipinski definition) is 6. The summed E-state index contributed by atoms with van der Waals surface area (Å²) in [4.78, 5) is 38.3. The van der Waals surface area contributed by atoms with Crippen molar-refractivity contribution < 1.29 is 28.6 Å². The van der Waals surface area contributed by atoms with Gasteiger partial charge in [-0.3, -0.25) is 14.4 Å². The zero-order chi connectivity index (χ0) is 59.2. The summed E-state index contributed by atoms with van der Waals surface area (Å²) in [6.07, 6.45) is 99.7. The molecule has 0 aliphatic heterocycles. The van der Waals surface area contributed by atoms with E-state index in [1.165, 1.54) is 89.9 Å². The third kappa shape index (κ3) is 65.8. The van der Waals surface area contributed by atoms with Crippen LogP contribution in [0.3, 0.4) is 0 Å². The molecule has 1 unspecified atom stereocenters. The van der Waals surface area contributed by atoms with Gasteiger partial charge in [0.2, 0.25) is 0 Å². The maximum atomic E-state index is 12.9. The van der Waals surface area contributed by atoms with Gasteiger partial charge in [-0.2, -0.15) is 0 Å². The molecule has 82 heavy (non-hydrogen) atoms. The number of allylic oxidation sites excluding steroid dienone is 26. The molecule has 0 saturated heterocycles. The maximum Gasteiger partial charge on any atom is 0.306 e. The molecule has 0 rings (SSSR count). The maximum absolute atomic E-state index is 12.9. The monoisotopic (exact) mass is 1130 g/mol. The SMILES string of the molecule is CC/C=C\C/C=C\C/C=C\C/C=C\C/C=C\C/C=C\C/C=C\CCCCCCCCCCCCCC(=O)OCC(COC(=O)CCCC/C=C\C/C=C\C/C=C\C/C=C\CC)OC(=O)CCCCCCC/C=C\C/C=C\CCCCCC. The molecule has 0 heterocycles. The molecule has 6 nitrogen and oxygen atoms in total. The summed E-state index contributed by atoms with van der Waals surface area (Å²) in [5.74, 6) is -0.963. The van der Waals surface area contributed by atoms with E-state index in [-0.39, 0.29) is 31.1 Å². The minimum atomic E-state index is -0.811. The van der Waals surface area contributed by atoms with E-state index in [1.807, 2.05) is 0 Å². The number of carbonyl (C=O) groups excluding carboxylic acids is 3. The van der Waals surface area contributed by atoms with Crippen LogP contribution in [0.1, 0.15) is 284 Å². The Balaban J connectivity index is 4.32. The summed E-state index contributed by atoms with van der Waals surface area (Å²) in [5, 5.41) is 0. The minimum Gasteiger partial charge on any atom is -0.462 e. The molecule has 0 N–H and O–H groups in total. The number of rotatable bonds is 59. The quantitative estimate of drug-likeness (QED) is 0.0261. The molecule has 0 aliphatic carbocycles. The summed E-state index contributed by atoms with van der Waals surface area (Å²) in [5.41, 5.74) is 0. The fraction of sp³-hybridized carbons (Fsp3) is 0.618. The molecule has 0 amide bonds. The van der Waals surface area contributed by atoms with Crippen LogP contribution in [-0.4, -0.2) is 37.2 Å². The van der Waals surface area contributed by atoms with Crippen molar-refractivity contribution in [3.8, 4) is 0 Å². The molecule has 0 aromatic carbocycles. The van der Waals surface area contributed by atoms with Crippen molar-refractivity contribution >= 4 is 17.9 Å². The van der Waals surface area contributed by atoms with Gasteiger partial charge in [0.25, 0.3) is 0 Å². The van der Waals surface area contributed by atoms with Crippen LogP contribution in [0.5, 0.6) is 0 Å². The van der Waals surface area contributed by atoms with Crippen LogP contribution >= 0.6 is 0 Å². The van der Waals surface area contributed by atoms with Crippen LogP contribution in [0.2, 0.25) is 0 Å².